The fraction of sp³-hybridized carbons (Fsp3) is 0.360. The van der Waals surface area contributed by atoms with Crippen molar-refractivity contribution in [3.8, 4) is 5.75 Å². The first-order valence-corrected chi connectivity index (χ1v) is 12.7. The summed E-state index contributed by atoms with van der Waals surface area (Å²) in [4.78, 5) is 45.3. The van der Waals surface area contributed by atoms with Gasteiger partial charge in [0.05, 0.1) is 23.9 Å². The molecule has 12 heteroatoms. The highest BCUT2D eigenvalue weighted by molar-refractivity contribution is 7.22. The van der Waals surface area contributed by atoms with Crippen molar-refractivity contribution in [2.45, 2.75) is 19.0 Å². The molecule has 2 heterocycles. The summed E-state index contributed by atoms with van der Waals surface area (Å²) < 4.78 is 6.17. The van der Waals surface area contributed by atoms with Crippen molar-refractivity contribution < 1.29 is 19.1 Å². The van der Waals surface area contributed by atoms with Gasteiger partial charge >= 0.3 is 6.03 Å². The number of benzene rings is 2. The number of hydrogen-bond donors (Lipinski definition) is 3. The second kappa shape index (κ2) is 11.4. The first-order valence-electron chi connectivity index (χ1n) is 11.8. The first kappa shape index (κ1) is 26.2. The normalized spacial score (nSPS) is 17.1. The molecule has 1 aliphatic heterocycles. The molecule has 1 aromatic heterocycles. The van der Waals surface area contributed by atoms with Gasteiger partial charge in [-0.3, -0.25) is 14.6 Å². The number of hydrogen-bond acceptors (Lipinski definition) is 8. The molecule has 3 aromatic rings. The fourth-order valence-electron chi connectivity index (χ4n) is 4.31. The molecule has 2 aromatic carbocycles. The number of nitrogens with zero attached hydrogens (tertiary/aromatic N) is 4. The monoisotopic (exact) mass is 525 g/mol. The van der Waals surface area contributed by atoms with Crippen LogP contribution in [-0.4, -0.2) is 84.6 Å². The van der Waals surface area contributed by atoms with Crippen molar-refractivity contribution in [3.63, 3.8) is 0 Å². The van der Waals surface area contributed by atoms with Gasteiger partial charge < -0.3 is 26.0 Å². The van der Waals surface area contributed by atoms with E-state index >= 15 is 0 Å². The second-order valence-corrected chi connectivity index (χ2v) is 9.78. The zero-order valence-electron chi connectivity index (χ0n) is 21.1. The SMILES string of the molecule is CNC(=O)N(C)N1CCN(Cc2cccc3sc(N)nc23)C(=O)[C@H](Cc2ccc(OC)cc2)NC(=O)C1. The van der Waals surface area contributed by atoms with Gasteiger partial charge in [0.15, 0.2) is 5.13 Å². The maximum absolute atomic E-state index is 13.9. The van der Waals surface area contributed by atoms with Crippen LogP contribution in [0.2, 0.25) is 0 Å². The van der Waals surface area contributed by atoms with Gasteiger partial charge in [0.2, 0.25) is 11.8 Å². The molecule has 1 fully saturated rings. The number of aromatic nitrogens is 1. The second-order valence-electron chi connectivity index (χ2n) is 8.72. The lowest BCUT2D eigenvalue weighted by molar-refractivity contribution is -0.136. The minimum absolute atomic E-state index is 0.0671. The summed E-state index contributed by atoms with van der Waals surface area (Å²) in [6.45, 7) is 0.798. The molecule has 0 spiro atoms. The van der Waals surface area contributed by atoms with Crippen LogP contribution >= 0.6 is 11.3 Å². The van der Waals surface area contributed by atoms with E-state index in [1.165, 1.54) is 23.4 Å². The Morgan fingerprint density at radius 1 is 1.24 bits per heavy atom. The Kier molecular flexibility index (Phi) is 8.09. The van der Waals surface area contributed by atoms with Crippen molar-refractivity contribution in [1.82, 2.24) is 30.5 Å². The molecule has 1 saturated heterocycles. The number of carbonyl (C=O) groups is 3. The number of fused-ring (bicyclic) bond motifs is 1. The van der Waals surface area contributed by atoms with E-state index in [1.54, 1.807) is 24.1 Å². The van der Waals surface area contributed by atoms with Crippen LogP contribution in [0.25, 0.3) is 10.2 Å². The lowest BCUT2D eigenvalue weighted by Crippen LogP contribution is -2.52. The van der Waals surface area contributed by atoms with Crippen LogP contribution in [0.5, 0.6) is 5.75 Å². The summed E-state index contributed by atoms with van der Waals surface area (Å²) >= 11 is 1.39. The number of carbonyl (C=O) groups excluding carboxylic acids is 3. The van der Waals surface area contributed by atoms with E-state index in [9.17, 15) is 14.4 Å². The molecule has 1 atom stereocenters. The molecule has 4 rings (SSSR count). The van der Waals surface area contributed by atoms with Gasteiger partial charge in [0.25, 0.3) is 0 Å². The Morgan fingerprint density at radius 3 is 2.70 bits per heavy atom. The number of ether oxygens (including phenoxy) is 1. The smallest absolute Gasteiger partial charge is 0.331 e. The standard InChI is InChI=1S/C25H31N7O4S/c1-27-25(35)30(2)32-12-11-31(14-17-5-4-6-20-22(17)29-24(26)37-20)23(34)19(28-21(33)15-32)13-16-7-9-18(36-3)10-8-16/h4-10,19H,11-15H2,1-3H3,(H2,26,29)(H,27,35)(H,28,33)/t19-/m0/s1. The summed E-state index contributed by atoms with van der Waals surface area (Å²) in [5.74, 6) is 0.145. The molecule has 0 unspecified atom stereocenters. The average Bonchev–Trinajstić information content (AvgIpc) is 3.31. The molecule has 37 heavy (non-hydrogen) atoms. The van der Waals surface area contributed by atoms with E-state index in [0.29, 0.717) is 23.8 Å². The third kappa shape index (κ3) is 6.09. The number of para-hydroxylation sites is 1. The zero-order valence-corrected chi connectivity index (χ0v) is 21.9. The highest BCUT2D eigenvalue weighted by Crippen LogP contribution is 2.27. The maximum Gasteiger partial charge on any atom is 0.331 e. The number of amides is 4. The molecule has 0 bridgehead atoms. The third-order valence-corrected chi connectivity index (χ3v) is 7.16. The lowest BCUT2D eigenvalue weighted by atomic mass is 10.0. The molecule has 4 N–H and O–H groups in total. The largest absolute Gasteiger partial charge is 0.497 e. The molecule has 196 valence electrons. The predicted octanol–water partition coefficient (Wildman–Crippen LogP) is 1.44. The fourth-order valence-corrected chi connectivity index (χ4v) is 5.09. The van der Waals surface area contributed by atoms with E-state index in [1.807, 2.05) is 42.5 Å². The molecule has 1 aliphatic rings. The first-order chi connectivity index (χ1) is 17.8. The molecule has 0 aliphatic carbocycles. The third-order valence-electron chi connectivity index (χ3n) is 6.31. The quantitative estimate of drug-likeness (QED) is 0.444. The van der Waals surface area contributed by atoms with Crippen molar-refractivity contribution in [2.75, 3.05) is 46.6 Å². The van der Waals surface area contributed by atoms with Crippen LogP contribution in [-0.2, 0) is 22.6 Å². The summed E-state index contributed by atoms with van der Waals surface area (Å²) in [5, 5.41) is 8.89. The molecule has 4 amide bonds. The number of methoxy groups -OCH3 is 1. The van der Waals surface area contributed by atoms with Crippen LogP contribution in [0.4, 0.5) is 9.93 Å². The zero-order chi connectivity index (χ0) is 26.5. The molecule has 0 saturated carbocycles. The van der Waals surface area contributed by atoms with Gasteiger partial charge in [-0.25, -0.2) is 14.8 Å². The Bertz CT molecular complexity index is 1280. The van der Waals surface area contributed by atoms with E-state index in [0.717, 1.165) is 21.3 Å². The van der Waals surface area contributed by atoms with Gasteiger partial charge in [-0.1, -0.05) is 35.6 Å². The minimum Gasteiger partial charge on any atom is -0.497 e. The van der Waals surface area contributed by atoms with Crippen molar-refractivity contribution >= 4 is 44.5 Å². The van der Waals surface area contributed by atoms with E-state index in [2.05, 4.69) is 15.6 Å². The summed E-state index contributed by atoms with van der Waals surface area (Å²) in [6.07, 6.45) is 0.310. The van der Waals surface area contributed by atoms with Crippen LogP contribution in [0.15, 0.2) is 42.5 Å². The van der Waals surface area contributed by atoms with Gasteiger partial charge in [0.1, 0.15) is 11.8 Å². The molecular weight excluding hydrogens is 494 g/mol. The molecular formula is C25H31N7O4S. The summed E-state index contributed by atoms with van der Waals surface area (Å²) in [5.41, 5.74) is 8.44. The Hall–Kier alpha value is -3.90. The summed E-state index contributed by atoms with van der Waals surface area (Å²) in [7, 11) is 4.70. The van der Waals surface area contributed by atoms with Gasteiger partial charge in [0, 0.05) is 40.2 Å². The Balaban J connectivity index is 1.65. The number of nitrogen functional groups attached to an aromatic ring is 1. The van der Waals surface area contributed by atoms with E-state index < -0.39 is 6.04 Å². The minimum atomic E-state index is -0.786. The number of nitrogens with one attached hydrogen (secondary N) is 2. The topological polar surface area (TPSA) is 133 Å². The number of hydrazine groups is 1. The van der Waals surface area contributed by atoms with Crippen molar-refractivity contribution in [2.24, 2.45) is 0 Å². The Morgan fingerprint density at radius 2 is 2.00 bits per heavy atom. The highest BCUT2D eigenvalue weighted by atomic mass is 32.1. The van der Waals surface area contributed by atoms with E-state index in [4.69, 9.17) is 10.5 Å². The van der Waals surface area contributed by atoms with E-state index in [-0.39, 0.29) is 37.5 Å². The highest BCUT2D eigenvalue weighted by Gasteiger charge is 2.31. The predicted molar refractivity (Wildman–Crippen MR) is 142 cm³/mol. The number of urea groups is 1. The average molecular weight is 526 g/mol. The maximum atomic E-state index is 13.9. The van der Waals surface area contributed by atoms with Crippen LogP contribution in [0, 0.1) is 0 Å². The molecule has 0 radical (unpaired) electrons. The number of rotatable bonds is 6. The Labute approximate surface area is 219 Å². The molecule has 11 nitrogen and oxygen atoms in total. The van der Waals surface area contributed by atoms with Crippen molar-refractivity contribution in [1.29, 1.82) is 0 Å². The summed E-state index contributed by atoms with van der Waals surface area (Å²) in [6, 6.07) is 12.0. The van der Waals surface area contributed by atoms with Gasteiger partial charge in [-0.05, 0) is 29.3 Å². The lowest BCUT2D eigenvalue weighted by Gasteiger charge is -2.32. The number of thiazole rings is 1. The van der Waals surface area contributed by atoms with Crippen molar-refractivity contribution in [3.05, 3.63) is 53.6 Å². The number of nitrogens with two attached hydrogens (primary N) is 1. The number of anilines is 1. The van der Waals surface area contributed by atoms with Gasteiger partial charge in [-0.15, -0.1) is 0 Å². The van der Waals surface area contributed by atoms with Crippen LogP contribution in [0.1, 0.15) is 11.1 Å². The van der Waals surface area contributed by atoms with Crippen LogP contribution < -0.4 is 21.1 Å². The van der Waals surface area contributed by atoms with Crippen LogP contribution in [0.3, 0.4) is 0 Å². The van der Waals surface area contributed by atoms with Gasteiger partial charge in [-0.2, -0.15) is 0 Å².